The maximum atomic E-state index is 12.9. The summed E-state index contributed by atoms with van der Waals surface area (Å²) in [5.74, 6) is 1.61. The van der Waals surface area contributed by atoms with Crippen molar-refractivity contribution in [3.8, 4) is 11.4 Å². The van der Waals surface area contributed by atoms with E-state index >= 15 is 0 Å². The first-order valence-corrected chi connectivity index (χ1v) is 9.18. The van der Waals surface area contributed by atoms with E-state index < -0.39 is 10.4 Å². The summed E-state index contributed by atoms with van der Waals surface area (Å²) in [4.78, 5) is 4.13. The molecular formula is C15H16N6O3S. The van der Waals surface area contributed by atoms with Crippen LogP contribution >= 0.6 is 0 Å². The summed E-state index contributed by atoms with van der Waals surface area (Å²) >= 11 is 0. The predicted octanol–water partition coefficient (Wildman–Crippen LogP) is 1.36. The molecule has 0 amide bonds. The van der Waals surface area contributed by atoms with Crippen LogP contribution in [-0.4, -0.2) is 40.3 Å². The molecule has 0 N–H and O–H groups in total. The van der Waals surface area contributed by atoms with E-state index in [-0.39, 0.29) is 11.4 Å². The first-order chi connectivity index (χ1) is 12.0. The predicted molar refractivity (Wildman–Crippen MR) is 86.7 cm³/mol. The zero-order valence-electron chi connectivity index (χ0n) is 13.7. The number of nitrogens with zero attached hydrogens (tertiary/aromatic N) is 6. The lowest BCUT2D eigenvalue weighted by Crippen LogP contribution is -2.42. The van der Waals surface area contributed by atoms with Crippen LogP contribution in [0.1, 0.15) is 17.3 Å². The molecule has 9 nitrogen and oxygen atoms in total. The second-order valence-electron chi connectivity index (χ2n) is 5.82. The molecule has 3 aromatic heterocycles. The lowest BCUT2D eigenvalue weighted by molar-refractivity contribution is 0.301. The fourth-order valence-electron chi connectivity index (χ4n) is 3.03. The van der Waals surface area contributed by atoms with Crippen molar-refractivity contribution >= 4 is 10.4 Å². The molecule has 0 saturated heterocycles. The van der Waals surface area contributed by atoms with Gasteiger partial charge in [-0.1, -0.05) is 9.37 Å². The summed E-state index contributed by atoms with van der Waals surface area (Å²) in [7, 11) is -3.69. The Bertz CT molecular complexity index is 948. The Kier molecular flexibility index (Phi) is 3.74. The van der Waals surface area contributed by atoms with Crippen molar-refractivity contribution in [1.29, 1.82) is 0 Å². The second-order valence-corrected chi connectivity index (χ2v) is 7.69. The molecule has 1 aliphatic rings. The second kappa shape index (κ2) is 5.83. The topological polar surface area (TPSA) is 113 Å². The van der Waals surface area contributed by atoms with Gasteiger partial charge in [-0.25, -0.2) is 0 Å². The Morgan fingerprint density at radius 2 is 1.96 bits per heavy atom. The number of fused-ring (bicyclic) bond motifs is 1. The van der Waals surface area contributed by atoms with Crippen molar-refractivity contribution in [3.63, 3.8) is 0 Å². The summed E-state index contributed by atoms with van der Waals surface area (Å²) in [5, 5.41) is 12.1. The molecule has 0 fully saturated rings. The van der Waals surface area contributed by atoms with Crippen molar-refractivity contribution in [1.82, 2.24) is 29.2 Å². The van der Waals surface area contributed by atoms with E-state index in [1.807, 2.05) is 16.7 Å². The molecule has 1 atom stereocenters. The van der Waals surface area contributed by atoms with Crippen LogP contribution in [0.15, 0.2) is 33.9 Å². The maximum Gasteiger partial charge on any atom is 0.240 e. The Hall–Kier alpha value is -2.43. The maximum absolute atomic E-state index is 12.9. The third-order valence-electron chi connectivity index (χ3n) is 4.22. The monoisotopic (exact) mass is 360 g/mol. The Labute approximate surface area is 145 Å². The van der Waals surface area contributed by atoms with Crippen LogP contribution in [0.2, 0.25) is 0 Å². The van der Waals surface area contributed by atoms with Gasteiger partial charge in [-0.05, 0) is 19.1 Å². The fourth-order valence-corrected chi connectivity index (χ4v) is 4.70. The van der Waals surface area contributed by atoms with Gasteiger partial charge in [0.15, 0.2) is 27.8 Å². The number of hydrogen-bond acceptors (Lipinski definition) is 7. The zero-order valence-corrected chi connectivity index (χ0v) is 14.6. The molecule has 10 heteroatoms. The standard InChI is InChI=1S/C15H16N6O3S/c1-10-14(11(2)24-19-10)25(22,23)20-7-8-21-13(9-20)17-18-15(21)12-3-5-16-6-4-12/h3-6H,7-9H2,1-2H3. The van der Waals surface area contributed by atoms with Crippen LogP contribution in [0.25, 0.3) is 11.4 Å². The molecule has 0 saturated carbocycles. The lowest BCUT2D eigenvalue weighted by Gasteiger charge is -2.30. The van der Waals surface area contributed by atoms with Crippen LogP contribution in [-0.2, 0) is 27.7 Å². The molecule has 4 heterocycles. The Morgan fingerprint density at radius 1 is 1.20 bits per heavy atom. The summed E-state index contributed by atoms with van der Waals surface area (Å²) in [5.41, 5.74) is 1.26. The molecular weight excluding hydrogens is 344 g/mol. The SMILES string of the molecule is Cc1noc(C)c1[S+](=O)([O-])N1CCn2c(nnc2-c2ccncc2)C1. The normalized spacial score (nSPS) is 17.2. The Balaban J connectivity index is 1.66. The molecule has 0 bridgehead atoms. The Morgan fingerprint density at radius 3 is 2.64 bits per heavy atom. The summed E-state index contributed by atoms with van der Waals surface area (Å²) in [6, 6.07) is 3.70. The van der Waals surface area contributed by atoms with E-state index in [2.05, 4.69) is 20.3 Å². The van der Waals surface area contributed by atoms with Gasteiger partial charge in [0.2, 0.25) is 4.90 Å². The van der Waals surface area contributed by atoms with Gasteiger partial charge < -0.3 is 13.6 Å². The van der Waals surface area contributed by atoms with Gasteiger partial charge in [0, 0.05) is 31.4 Å². The average molecular weight is 360 g/mol. The smallest absolute Gasteiger partial charge is 0.240 e. The van der Waals surface area contributed by atoms with E-state index in [0.29, 0.717) is 36.2 Å². The highest BCUT2D eigenvalue weighted by molar-refractivity contribution is 7.95. The van der Waals surface area contributed by atoms with Gasteiger partial charge in [-0.3, -0.25) is 4.98 Å². The van der Waals surface area contributed by atoms with Gasteiger partial charge >= 0.3 is 0 Å². The van der Waals surface area contributed by atoms with E-state index in [1.54, 1.807) is 26.2 Å². The van der Waals surface area contributed by atoms with E-state index in [0.717, 1.165) is 5.56 Å². The molecule has 0 aromatic carbocycles. The van der Waals surface area contributed by atoms with Gasteiger partial charge in [-0.15, -0.1) is 14.5 Å². The van der Waals surface area contributed by atoms with Crippen LogP contribution < -0.4 is 0 Å². The molecule has 3 aromatic rings. The number of pyridine rings is 1. The van der Waals surface area contributed by atoms with Crippen LogP contribution in [0.4, 0.5) is 0 Å². The van der Waals surface area contributed by atoms with E-state index in [9.17, 15) is 8.76 Å². The number of sulfonamides is 1. The molecule has 130 valence electrons. The minimum atomic E-state index is -3.69. The van der Waals surface area contributed by atoms with Crippen molar-refractivity contribution in [2.24, 2.45) is 0 Å². The highest BCUT2D eigenvalue weighted by atomic mass is 32.3. The number of aromatic nitrogens is 5. The van der Waals surface area contributed by atoms with Crippen LogP contribution in [0, 0.1) is 13.8 Å². The first-order valence-electron chi connectivity index (χ1n) is 7.74. The highest BCUT2D eigenvalue weighted by Crippen LogP contribution is 2.31. The van der Waals surface area contributed by atoms with Crippen molar-refractivity contribution in [2.75, 3.05) is 6.54 Å². The number of aryl methyl sites for hydroxylation is 2. The molecule has 1 unspecified atom stereocenters. The van der Waals surface area contributed by atoms with Crippen LogP contribution in [0.3, 0.4) is 0 Å². The fraction of sp³-hybridized carbons (Fsp3) is 0.333. The lowest BCUT2D eigenvalue weighted by atomic mass is 10.2. The van der Waals surface area contributed by atoms with Gasteiger partial charge in [-0.2, -0.15) is 0 Å². The summed E-state index contributed by atoms with van der Waals surface area (Å²) < 4.78 is 34.2. The minimum Gasteiger partial charge on any atom is -0.593 e. The average Bonchev–Trinajstić information content (AvgIpc) is 3.18. The molecule has 0 aliphatic carbocycles. The van der Waals surface area contributed by atoms with Gasteiger partial charge in [0.05, 0.1) is 6.54 Å². The largest absolute Gasteiger partial charge is 0.593 e. The number of rotatable bonds is 3. The molecule has 25 heavy (non-hydrogen) atoms. The van der Waals surface area contributed by atoms with Crippen molar-refractivity contribution < 1.29 is 13.3 Å². The van der Waals surface area contributed by atoms with Crippen molar-refractivity contribution in [2.45, 2.75) is 31.8 Å². The molecule has 4 rings (SSSR count). The zero-order chi connectivity index (χ0) is 17.6. The van der Waals surface area contributed by atoms with E-state index in [1.165, 1.54) is 4.31 Å². The van der Waals surface area contributed by atoms with Crippen molar-refractivity contribution in [3.05, 3.63) is 41.8 Å². The quantitative estimate of drug-likeness (QED) is 0.648. The summed E-state index contributed by atoms with van der Waals surface area (Å²) in [6.45, 7) is 4.18. The number of hydrogen-bond donors (Lipinski definition) is 0. The molecule has 0 radical (unpaired) electrons. The summed E-state index contributed by atoms with van der Waals surface area (Å²) in [6.07, 6.45) is 3.38. The highest BCUT2D eigenvalue weighted by Gasteiger charge is 2.39. The van der Waals surface area contributed by atoms with Gasteiger partial charge in [0.25, 0.3) is 0 Å². The molecule has 1 aliphatic heterocycles. The minimum absolute atomic E-state index is 0.134. The molecule has 0 spiro atoms. The third kappa shape index (κ3) is 2.58. The third-order valence-corrected chi connectivity index (χ3v) is 6.31. The van der Waals surface area contributed by atoms with Crippen LogP contribution in [0.5, 0.6) is 0 Å². The van der Waals surface area contributed by atoms with Gasteiger partial charge in [0.1, 0.15) is 12.2 Å². The first kappa shape index (κ1) is 16.1. The van der Waals surface area contributed by atoms with E-state index in [4.69, 9.17) is 4.52 Å².